The van der Waals surface area contributed by atoms with E-state index in [0.29, 0.717) is 0 Å². The molecule has 0 aromatic carbocycles. The highest BCUT2D eigenvalue weighted by Gasteiger charge is 2.13. The van der Waals surface area contributed by atoms with E-state index in [1.807, 2.05) is 6.92 Å². The molecule has 1 N–H and O–H groups in total. The minimum atomic E-state index is -0.999. The van der Waals surface area contributed by atoms with Crippen molar-refractivity contribution < 1.29 is 9.90 Å². The Morgan fingerprint density at radius 3 is 2.64 bits per heavy atom. The predicted octanol–water partition coefficient (Wildman–Crippen LogP) is 1.57. The van der Waals surface area contributed by atoms with Gasteiger partial charge in [0.25, 0.3) is 0 Å². The molecular weight excluding hydrogens is 142 g/mol. The molecule has 1 atom stereocenters. The Labute approximate surface area is 66.0 Å². The molecule has 0 spiro atoms. The van der Waals surface area contributed by atoms with E-state index in [-0.39, 0.29) is 11.5 Å². The molecule has 0 radical (unpaired) electrons. The van der Waals surface area contributed by atoms with Crippen molar-refractivity contribution in [3.8, 4) is 6.07 Å². The van der Waals surface area contributed by atoms with Crippen LogP contribution in [0.15, 0.2) is 11.6 Å². The number of carbonyl (C=O) groups is 1. The molecule has 0 aromatic heterocycles. The number of allylic oxidation sites excluding steroid dienone is 1. The summed E-state index contributed by atoms with van der Waals surface area (Å²) in [5.41, 5.74) is 0.190. The minimum absolute atomic E-state index is 0.0489. The van der Waals surface area contributed by atoms with E-state index in [9.17, 15) is 4.79 Å². The lowest BCUT2D eigenvalue weighted by molar-refractivity contribution is -0.133. The van der Waals surface area contributed by atoms with Gasteiger partial charge in [0, 0.05) is 6.08 Å². The molecular formula is C8H11NO2. The van der Waals surface area contributed by atoms with E-state index in [1.54, 1.807) is 13.0 Å². The van der Waals surface area contributed by atoms with Crippen LogP contribution in [-0.4, -0.2) is 11.1 Å². The zero-order chi connectivity index (χ0) is 8.85. The smallest absolute Gasteiger partial charge is 0.332 e. The molecule has 0 fully saturated rings. The summed E-state index contributed by atoms with van der Waals surface area (Å²) in [4.78, 5) is 10.5. The molecule has 1 unspecified atom stereocenters. The Balaban J connectivity index is 4.51. The topological polar surface area (TPSA) is 61.1 Å². The summed E-state index contributed by atoms with van der Waals surface area (Å²) in [6.07, 6.45) is 1.83. The van der Waals surface area contributed by atoms with Crippen molar-refractivity contribution in [2.24, 2.45) is 5.92 Å². The lowest BCUT2D eigenvalue weighted by Gasteiger charge is -2.06. The largest absolute Gasteiger partial charge is 0.478 e. The number of rotatable bonds is 3. The second-order valence-corrected chi connectivity index (χ2v) is 2.34. The Kier molecular flexibility index (Phi) is 3.97. The molecule has 0 aliphatic carbocycles. The van der Waals surface area contributed by atoms with Crippen molar-refractivity contribution in [1.82, 2.24) is 0 Å². The molecule has 0 saturated heterocycles. The fourth-order valence-corrected chi connectivity index (χ4v) is 0.704. The summed E-state index contributed by atoms with van der Waals surface area (Å²) in [6, 6.07) is 1.72. The third-order valence-electron chi connectivity index (χ3n) is 1.61. The second-order valence-electron chi connectivity index (χ2n) is 2.34. The summed E-state index contributed by atoms with van der Waals surface area (Å²) in [5, 5.41) is 16.8. The highest BCUT2D eigenvalue weighted by atomic mass is 16.4. The van der Waals surface area contributed by atoms with E-state index in [4.69, 9.17) is 10.4 Å². The van der Waals surface area contributed by atoms with Crippen LogP contribution in [0.5, 0.6) is 0 Å². The van der Waals surface area contributed by atoms with E-state index in [0.717, 1.165) is 12.5 Å². The Bertz CT molecular complexity index is 213. The van der Waals surface area contributed by atoms with Crippen LogP contribution >= 0.6 is 0 Å². The highest BCUT2D eigenvalue weighted by Crippen LogP contribution is 2.13. The van der Waals surface area contributed by atoms with Crippen LogP contribution < -0.4 is 0 Å². The number of hydrogen-bond donors (Lipinski definition) is 1. The number of carboxylic acids is 1. The third kappa shape index (κ3) is 2.85. The summed E-state index contributed by atoms with van der Waals surface area (Å²) in [5.74, 6) is -1.05. The predicted molar refractivity (Wildman–Crippen MR) is 40.8 cm³/mol. The minimum Gasteiger partial charge on any atom is -0.478 e. The Hall–Kier alpha value is -1.30. The number of carboxylic acid groups (broad SMARTS) is 1. The van der Waals surface area contributed by atoms with E-state index < -0.39 is 5.97 Å². The molecule has 60 valence electrons. The van der Waals surface area contributed by atoms with Crippen molar-refractivity contribution >= 4 is 5.97 Å². The van der Waals surface area contributed by atoms with Gasteiger partial charge < -0.3 is 5.11 Å². The maximum Gasteiger partial charge on any atom is 0.332 e. The SMILES string of the molecule is CCC(C)/C(=C/C#N)C(=O)O. The molecule has 0 aromatic rings. The van der Waals surface area contributed by atoms with Gasteiger partial charge in [-0.1, -0.05) is 13.8 Å². The highest BCUT2D eigenvalue weighted by molar-refractivity contribution is 5.87. The first-order chi connectivity index (χ1) is 5.13. The molecule has 0 saturated carbocycles. The van der Waals surface area contributed by atoms with Gasteiger partial charge in [-0.25, -0.2) is 4.79 Å². The standard InChI is InChI=1S/C8H11NO2/c1-3-6(2)7(4-5-9)8(10)11/h4,6H,3H2,1-2H3,(H,10,11)/b7-4-. The molecule has 3 heteroatoms. The van der Waals surface area contributed by atoms with Gasteiger partial charge in [0.15, 0.2) is 0 Å². The monoisotopic (exact) mass is 153 g/mol. The maximum atomic E-state index is 10.5. The summed E-state index contributed by atoms with van der Waals surface area (Å²) < 4.78 is 0. The van der Waals surface area contributed by atoms with Crippen LogP contribution in [0.25, 0.3) is 0 Å². The number of hydrogen-bond acceptors (Lipinski definition) is 2. The summed E-state index contributed by atoms with van der Waals surface area (Å²) in [6.45, 7) is 3.68. The molecule has 0 bridgehead atoms. The molecule has 0 heterocycles. The van der Waals surface area contributed by atoms with Gasteiger partial charge in [0.2, 0.25) is 0 Å². The molecule has 11 heavy (non-hydrogen) atoms. The quantitative estimate of drug-likeness (QED) is 0.494. The number of aliphatic carboxylic acids is 1. The third-order valence-corrected chi connectivity index (χ3v) is 1.61. The Morgan fingerprint density at radius 2 is 2.36 bits per heavy atom. The lowest BCUT2D eigenvalue weighted by Crippen LogP contribution is -2.08. The zero-order valence-corrected chi connectivity index (χ0v) is 6.66. The van der Waals surface area contributed by atoms with Gasteiger partial charge in [0.1, 0.15) is 0 Å². The van der Waals surface area contributed by atoms with Gasteiger partial charge in [0.05, 0.1) is 11.6 Å². The van der Waals surface area contributed by atoms with Crippen molar-refractivity contribution in [3.05, 3.63) is 11.6 Å². The average Bonchev–Trinajstić information content (AvgIpc) is 1.98. The first kappa shape index (κ1) is 9.70. The van der Waals surface area contributed by atoms with Crippen LogP contribution in [0.4, 0.5) is 0 Å². The summed E-state index contributed by atoms with van der Waals surface area (Å²) >= 11 is 0. The maximum absolute atomic E-state index is 10.5. The van der Waals surface area contributed by atoms with Crippen LogP contribution in [0.3, 0.4) is 0 Å². The average molecular weight is 153 g/mol. The van der Waals surface area contributed by atoms with E-state index in [1.165, 1.54) is 0 Å². The normalized spacial score (nSPS) is 13.7. The van der Waals surface area contributed by atoms with Gasteiger partial charge in [-0.3, -0.25) is 0 Å². The van der Waals surface area contributed by atoms with Gasteiger partial charge in [-0.15, -0.1) is 0 Å². The van der Waals surface area contributed by atoms with Gasteiger partial charge in [-0.2, -0.15) is 5.26 Å². The molecule has 0 aliphatic rings. The van der Waals surface area contributed by atoms with Crippen molar-refractivity contribution in [2.75, 3.05) is 0 Å². The molecule has 3 nitrogen and oxygen atoms in total. The van der Waals surface area contributed by atoms with Crippen LogP contribution in [0.1, 0.15) is 20.3 Å². The van der Waals surface area contributed by atoms with E-state index in [2.05, 4.69) is 0 Å². The number of nitriles is 1. The lowest BCUT2D eigenvalue weighted by atomic mass is 9.99. The molecule has 0 rings (SSSR count). The zero-order valence-electron chi connectivity index (χ0n) is 6.66. The molecule has 0 aliphatic heterocycles. The summed E-state index contributed by atoms with van der Waals surface area (Å²) in [7, 11) is 0. The van der Waals surface area contributed by atoms with Crippen LogP contribution in [0.2, 0.25) is 0 Å². The first-order valence-electron chi connectivity index (χ1n) is 3.46. The van der Waals surface area contributed by atoms with Gasteiger partial charge in [-0.05, 0) is 12.3 Å². The van der Waals surface area contributed by atoms with Gasteiger partial charge >= 0.3 is 5.97 Å². The first-order valence-corrected chi connectivity index (χ1v) is 3.46. The van der Waals surface area contributed by atoms with E-state index >= 15 is 0 Å². The van der Waals surface area contributed by atoms with Crippen molar-refractivity contribution in [2.45, 2.75) is 20.3 Å². The fraction of sp³-hybridized carbons (Fsp3) is 0.500. The Morgan fingerprint density at radius 1 is 1.82 bits per heavy atom. The van der Waals surface area contributed by atoms with Crippen LogP contribution in [0, 0.1) is 17.2 Å². The number of nitrogens with zero attached hydrogens (tertiary/aromatic N) is 1. The molecule has 0 amide bonds. The van der Waals surface area contributed by atoms with Crippen LogP contribution in [-0.2, 0) is 4.79 Å². The van der Waals surface area contributed by atoms with Crippen molar-refractivity contribution in [1.29, 1.82) is 5.26 Å². The van der Waals surface area contributed by atoms with Crippen molar-refractivity contribution in [3.63, 3.8) is 0 Å². The fourth-order valence-electron chi connectivity index (χ4n) is 0.704. The second kappa shape index (κ2) is 4.51.